The molecule has 2 saturated heterocycles. The van der Waals surface area contributed by atoms with Crippen molar-refractivity contribution in [1.82, 2.24) is 15.1 Å². The van der Waals surface area contributed by atoms with Crippen molar-refractivity contribution >= 4 is 50.1 Å². The van der Waals surface area contributed by atoms with Gasteiger partial charge in [0.05, 0.1) is 28.1 Å². The van der Waals surface area contributed by atoms with E-state index in [1.165, 1.54) is 11.8 Å². The molecule has 3 rings (SSSR count). The summed E-state index contributed by atoms with van der Waals surface area (Å²) >= 11 is 6.20. The van der Waals surface area contributed by atoms with Gasteiger partial charge in [0.1, 0.15) is 4.32 Å². The van der Waals surface area contributed by atoms with E-state index in [0.717, 1.165) is 17.0 Å². The Morgan fingerprint density at radius 3 is 2.73 bits per heavy atom. The van der Waals surface area contributed by atoms with E-state index in [1.54, 1.807) is 10.8 Å². The van der Waals surface area contributed by atoms with Gasteiger partial charge in [-0.2, -0.15) is 5.10 Å². The van der Waals surface area contributed by atoms with Gasteiger partial charge in [0.15, 0.2) is 9.84 Å². The first-order valence-corrected chi connectivity index (χ1v) is 9.82. The van der Waals surface area contributed by atoms with Crippen molar-refractivity contribution in [3.8, 4) is 0 Å². The molecule has 22 heavy (non-hydrogen) atoms. The summed E-state index contributed by atoms with van der Waals surface area (Å²) in [6.45, 7) is 3.75. The number of thioether (sulfide) groups is 1. The molecular weight excluding hydrogens is 342 g/mol. The first-order chi connectivity index (χ1) is 10.3. The number of sulfone groups is 1. The zero-order chi connectivity index (χ0) is 16.1. The van der Waals surface area contributed by atoms with Crippen LogP contribution in [0.5, 0.6) is 0 Å². The van der Waals surface area contributed by atoms with Crippen molar-refractivity contribution in [1.29, 1.82) is 0 Å². The average Bonchev–Trinajstić information content (AvgIpc) is 3.02. The van der Waals surface area contributed by atoms with Crippen molar-refractivity contribution in [2.75, 3.05) is 11.5 Å². The van der Waals surface area contributed by atoms with Crippen LogP contribution in [-0.4, -0.2) is 39.9 Å². The number of amides is 1. The smallest absolute Gasteiger partial charge is 0.263 e. The zero-order valence-electron chi connectivity index (χ0n) is 12.1. The number of hydrogen-bond acceptors (Lipinski definition) is 6. The molecule has 118 valence electrons. The lowest BCUT2D eigenvalue weighted by Gasteiger charge is -2.11. The molecule has 9 heteroatoms. The molecule has 2 fully saturated rings. The molecule has 0 saturated carbocycles. The minimum atomic E-state index is -2.96. The number of aryl methyl sites for hydroxylation is 1. The quantitative estimate of drug-likeness (QED) is 0.636. The summed E-state index contributed by atoms with van der Waals surface area (Å²) in [5.74, 6) is 0.133. The minimum Gasteiger partial charge on any atom is -0.307 e. The maximum absolute atomic E-state index is 11.8. The fourth-order valence-electron chi connectivity index (χ4n) is 2.76. The Bertz CT molecular complexity index is 808. The summed E-state index contributed by atoms with van der Waals surface area (Å²) in [4.78, 5) is 12.3. The molecule has 0 aliphatic carbocycles. The first-order valence-electron chi connectivity index (χ1n) is 6.78. The van der Waals surface area contributed by atoms with Gasteiger partial charge in [-0.1, -0.05) is 24.0 Å². The van der Waals surface area contributed by atoms with Crippen LogP contribution in [0.25, 0.3) is 6.08 Å². The fourth-order valence-corrected chi connectivity index (χ4v) is 5.48. The third-order valence-electron chi connectivity index (χ3n) is 3.85. The molecule has 0 aromatic carbocycles. The third-order valence-corrected chi connectivity index (χ3v) is 6.77. The van der Waals surface area contributed by atoms with Crippen LogP contribution in [0.4, 0.5) is 0 Å². The van der Waals surface area contributed by atoms with Gasteiger partial charge in [0, 0.05) is 11.3 Å². The number of thiocarbonyl (C=S) groups is 1. The Balaban J connectivity index is 1.96. The van der Waals surface area contributed by atoms with Crippen molar-refractivity contribution in [2.45, 2.75) is 26.3 Å². The molecule has 0 spiro atoms. The number of rotatable bonds is 2. The predicted octanol–water partition coefficient (Wildman–Crippen LogP) is 1.35. The van der Waals surface area contributed by atoms with E-state index in [1.807, 2.05) is 13.8 Å². The second kappa shape index (κ2) is 5.47. The predicted molar refractivity (Wildman–Crippen MR) is 90.3 cm³/mol. The van der Waals surface area contributed by atoms with E-state index in [2.05, 4.69) is 10.4 Å². The Kier molecular flexibility index (Phi) is 3.90. The summed E-state index contributed by atoms with van der Waals surface area (Å²) in [5.41, 5.74) is 2.51. The van der Waals surface area contributed by atoms with Crippen LogP contribution in [0.2, 0.25) is 0 Å². The van der Waals surface area contributed by atoms with E-state index < -0.39 is 9.84 Å². The Morgan fingerprint density at radius 1 is 1.45 bits per heavy atom. The van der Waals surface area contributed by atoms with Gasteiger partial charge in [-0.25, -0.2) is 8.42 Å². The summed E-state index contributed by atoms with van der Waals surface area (Å²) in [6, 6.07) is -0.123. The van der Waals surface area contributed by atoms with Gasteiger partial charge in [0.2, 0.25) is 0 Å². The van der Waals surface area contributed by atoms with Gasteiger partial charge >= 0.3 is 0 Å². The molecule has 2 aliphatic rings. The van der Waals surface area contributed by atoms with E-state index in [9.17, 15) is 13.2 Å². The topological polar surface area (TPSA) is 81.1 Å². The summed E-state index contributed by atoms with van der Waals surface area (Å²) in [5, 5.41) is 7.06. The molecule has 1 N–H and O–H groups in total. The lowest BCUT2D eigenvalue weighted by Crippen LogP contribution is -2.17. The van der Waals surface area contributed by atoms with Crippen LogP contribution >= 0.6 is 24.0 Å². The Hall–Kier alpha value is -1.19. The van der Waals surface area contributed by atoms with Crippen molar-refractivity contribution in [2.24, 2.45) is 0 Å². The number of aromatic nitrogens is 2. The van der Waals surface area contributed by atoms with Crippen LogP contribution in [0, 0.1) is 13.8 Å². The van der Waals surface area contributed by atoms with Crippen LogP contribution in [-0.2, 0) is 14.6 Å². The second-order valence-electron chi connectivity index (χ2n) is 5.44. The molecular formula is C13H15N3O3S3. The lowest BCUT2D eigenvalue weighted by molar-refractivity contribution is -0.115. The van der Waals surface area contributed by atoms with Crippen LogP contribution < -0.4 is 5.32 Å². The van der Waals surface area contributed by atoms with E-state index in [-0.39, 0.29) is 23.5 Å². The maximum Gasteiger partial charge on any atom is 0.263 e. The van der Waals surface area contributed by atoms with E-state index in [0.29, 0.717) is 15.6 Å². The van der Waals surface area contributed by atoms with Crippen LogP contribution in [0.3, 0.4) is 0 Å². The van der Waals surface area contributed by atoms with E-state index in [4.69, 9.17) is 12.2 Å². The highest BCUT2D eigenvalue weighted by molar-refractivity contribution is 8.26. The van der Waals surface area contributed by atoms with Gasteiger partial charge in [-0.05, 0) is 26.3 Å². The highest BCUT2D eigenvalue weighted by Gasteiger charge is 2.31. The molecule has 0 radical (unpaired) electrons. The molecule has 1 aromatic heterocycles. The molecule has 3 heterocycles. The molecule has 1 atom stereocenters. The Labute approximate surface area is 138 Å². The van der Waals surface area contributed by atoms with Crippen molar-refractivity contribution in [3.05, 3.63) is 21.9 Å². The Morgan fingerprint density at radius 2 is 2.18 bits per heavy atom. The SMILES string of the molecule is Cc1nn([C@@H]2CCS(=O)(=O)C2)c(C)c1/C=C1\SC(=S)NC1=O. The normalized spacial score (nSPS) is 25.9. The molecule has 0 unspecified atom stereocenters. The number of nitrogens with one attached hydrogen (secondary N) is 1. The summed E-state index contributed by atoms with van der Waals surface area (Å²) in [7, 11) is -2.96. The monoisotopic (exact) mass is 357 g/mol. The molecule has 6 nitrogen and oxygen atoms in total. The minimum absolute atomic E-state index is 0.123. The fraction of sp³-hybridized carbons (Fsp3) is 0.462. The first kappa shape index (κ1) is 15.7. The second-order valence-corrected chi connectivity index (χ2v) is 9.39. The van der Waals surface area contributed by atoms with Gasteiger partial charge in [-0.15, -0.1) is 0 Å². The number of nitrogens with zero attached hydrogens (tertiary/aromatic N) is 2. The third kappa shape index (κ3) is 2.84. The highest BCUT2D eigenvalue weighted by atomic mass is 32.2. The van der Waals surface area contributed by atoms with E-state index >= 15 is 0 Å². The van der Waals surface area contributed by atoms with Gasteiger partial charge in [-0.3, -0.25) is 9.48 Å². The summed E-state index contributed by atoms with van der Waals surface area (Å²) < 4.78 is 25.5. The number of carbonyl (C=O) groups excluding carboxylic acids is 1. The van der Waals surface area contributed by atoms with Crippen LogP contribution in [0.1, 0.15) is 29.4 Å². The number of hydrogen-bond donors (Lipinski definition) is 1. The maximum atomic E-state index is 11.8. The van der Waals surface area contributed by atoms with Gasteiger partial charge < -0.3 is 5.32 Å². The highest BCUT2D eigenvalue weighted by Crippen LogP contribution is 2.31. The zero-order valence-corrected chi connectivity index (χ0v) is 14.6. The van der Waals surface area contributed by atoms with Crippen LogP contribution in [0.15, 0.2) is 4.91 Å². The average molecular weight is 357 g/mol. The summed E-state index contributed by atoms with van der Waals surface area (Å²) in [6.07, 6.45) is 2.36. The molecule has 2 aliphatic heterocycles. The van der Waals surface area contributed by atoms with Crippen molar-refractivity contribution in [3.63, 3.8) is 0 Å². The molecule has 1 amide bonds. The number of carbonyl (C=O) groups is 1. The molecule has 0 bridgehead atoms. The lowest BCUT2D eigenvalue weighted by atomic mass is 10.1. The standard InChI is InChI=1S/C13H15N3O3S3/c1-7-10(5-11-12(17)14-13(20)21-11)8(2)16(15-7)9-3-4-22(18,19)6-9/h5,9H,3-4,6H2,1-2H3,(H,14,17,20)/b11-5-/t9-/m1/s1. The largest absolute Gasteiger partial charge is 0.307 e. The van der Waals surface area contributed by atoms with Crippen molar-refractivity contribution < 1.29 is 13.2 Å². The van der Waals surface area contributed by atoms with Gasteiger partial charge in [0.25, 0.3) is 5.91 Å². The molecule has 1 aromatic rings.